The number of aryl methyl sites for hydroxylation is 1. The Kier molecular flexibility index (Phi) is 8.67. The Labute approximate surface area is 234 Å². The second-order valence-corrected chi connectivity index (χ2v) is 10.7. The van der Waals surface area contributed by atoms with Gasteiger partial charge in [-0.05, 0) is 92.0 Å². The number of thioether (sulfide) groups is 1. The largest absolute Gasteiger partial charge is 0.492 e. The first-order valence-electron chi connectivity index (χ1n) is 11.0. The van der Waals surface area contributed by atoms with E-state index < -0.39 is 4.92 Å². The molecule has 190 valence electrons. The normalized spacial score (nSPS) is 14.4. The highest BCUT2D eigenvalue weighted by Crippen LogP contribution is 2.38. The predicted molar refractivity (Wildman–Crippen MR) is 149 cm³/mol. The van der Waals surface area contributed by atoms with Gasteiger partial charge in [0.1, 0.15) is 24.7 Å². The summed E-state index contributed by atoms with van der Waals surface area (Å²) in [6.45, 7) is 2.45. The number of imide groups is 1. The van der Waals surface area contributed by atoms with E-state index in [0.29, 0.717) is 36.5 Å². The van der Waals surface area contributed by atoms with Gasteiger partial charge in [0.05, 0.1) is 25.3 Å². The molecule has 1 fully saturated rings. The van der Waals surface area contributed by atoms with E-state index in [2.05, 4.69) is 31.9 Å². The van der Waals surface area contributed by atoms with Crippen LogP contribution >= 0.6 is 43.6 Å². The molecule has 0 atom stereocenters. The quantitative estimate of drug-likeness (QED) is 0.138. The van der Waals surface area contributed by atoms with Crippen molar-refractivity contribution in [2.75, 3.05) is 13.2 Å². The molecule has 0 unspecified atom stereocenters. The molecule has 3 aromatic carbocycles. The molecular weight excluding hydrogens is 628 g/mol. The van der Waals surface area contributed by atoms with Crippen molar-refractivity contribution in [2.45, 2.75) is 13.5 Å². The Morgan fingerprint density at radius 2 is 1.73 bits per heavy atom. The predicted octanol–water partition coefficient (Wildman–Crippen LogP) is 7.12. The number of nitro groups is 1. The zero-order valence-electron chi connectivity index (χ0n) is 19.5. The van der Waals surface area contributed by atoms with Gasteiger partial charge in [-0.15, -0.1) is 0 Å². The fourth-order valence-electron chi connectivity index (χ4n) is 3.45. The van der Waals surface area contributed by atoms with Gasteiger partial charge in [-0.2, -0.15) is 0 Å². The summed E-state index contributed by atoms with van der Waals surface area (Å²) in [6.07, 6.45) is 1.64. The maximum atomic E-state index is 12.8. The molecule has 1 aliphatic rings. The summed E-state index contributed by atoms with van der Waals surface area (Å²) in [4.78, 5) is 37.3. The summed E-state index contributed by atoms with van der Waals surface area (Å²) in [6, 6.07) is 17.3. The number of hydrogen-bond donors (Lipinski definition) is 0. The molecule has 11 heteroatoms. The van der Waals surface area contributed by atoms with E-state index in [1.807, 2.05) is 31.2 Å². The van der Waals surface area contributed by atoms with E-state index in [-0.39, 0.29) is 36.6 Å². The zero-order chi connectivity index (χ0) is 26.5. The Hall–Kier alpha value is -3.15. The summed E-state index contributed by atoms with van der Waals surface area (Å²) in [5.41, 5.74) is 2.44. The zero-order valence-corrected chi connectivity index (χ0v) is 23.5. The molecule has 37 heavy (non-hydrogen) atoms. The summed E-state index contributed by atoms with van der Waals surface area (Å²) < 4.78 is 12.8. The van der Waals surface area contributed by atoms with Crippen LogP contribution in [0, 0.1) is 17.0 Å². The lowest BCUT2D eigenvalue weighted by atomic mass is 10.2. The molecule has 4 rings (SSSR count). The highest BCUT2D eigenvalue weighted by atomic mass is 79.9. The highest BCUT2D eigenvalue weighted by Gasteiger charge is 2.34. The molecule has 0 bridgehead atoms. The van der Waals surface area contributed by atoms with Crippen molar-refractivity contribution in [3.05, 3.63) is 101 Å². The van der Waals surface area contributed by atoms with Gasteiger partial charge in [-0.3, -0.25) is 24.6 Å². The molecule has 0 aliphatic carbocycles. The molecule has 1 aliphatic heterocycles. The number of nitro benzene ring substituents is 1. The number of halogens is 2. The minimum absolute atomic E-state index is 0.00904. The van der Waals surface area contributed by atoms with Crippen molar-refractivity contribution in [1.29, 1.82) is 0 Å². The van der Waals surface area contributed by atoms with E-state index in [1.54, 1.807) is 30.3 Å². The standard InChI is InChI=1S/C26H20Br2N2O6S/c1-16-5-7-20(8-6-16)35-10-9-29-25(31)23(37-26(29)32)14-18-12-21(27)24(22(28)13-18)36-15-17-3-2-4-19(11-17)30(33)34/h2-8,11-14H,9-10,15H2,1H3/b23-14-. The molecule has 0 spiro atoms. The number of ether oxygens (including phenoxy) is 2. The first kappa shape index (κ1) is 26.9. The van der Waals surface area contributed by atoms with Gasteiger partial charge >= 0.3 is 0 Å². The Morgan fingerprint density at radius 3 is 2.41 bits per heavy atom. The second kappa shape index (κ2) is 11.9. The van der Waals surface area contributed by atoms with Crippen LogP contribution in [0.2, 0.25) is 0 Å². The van der Waals surface area contributed by atoms with Crippen molar-refractivity contribution >= 4 is 66.5 Å². The molecule has 1 heterocycles. The molecule has 1 saturated heterocycles. The number of rotatable bonds is 9. The molecule has 0 radical (unpaired) electrons. The van der Waals surface area contributed by atoms with E-state index in [9.17, 15) is 19.7 Å². The van der Waals surface area contributed by atoms with Gasteiger partial charge in [0.2, 0.25) is 0 Å². The number of hydrogen-bond acceptors (Lipinski definition) is 7. The monoisotopic (exact) mass is 646 g/mol. The Bertz CT molecular complexity index is 1370. The lowest BCUT2D eigenvalue weighted by Crippen LogP contribution is -2.32. The van der Waals surface area contributed by atoms with Crippen molar-refractivity contribution in [2.24, 2.45) is 0 Å². The van der Waals surface area contributed by atoms with E-state index >= 15 is 0 Å². The van der Waals surface area contributed by atoms with E-state index in [1.165, 1.54) is 17.0 Å². The molecule has 8 nitrogen and oxygen atoms in total. The average Bonchev–Trinajstić information content (AvgIpc) is 3.12. The van der Waals surface area contributed by atoms with Crippen LogP contribution in [-0.2, 0) is 11.4 Å². The van der Waals surface area contributed by atoms with Crippen molar-refractivity contribution in [1.82, 2.24) is 4.90 Å². The van der Waals surface area contributed by atoms with Crippen LogP contribution in [0.15, 0.2) is 74.5 Å². The molecule has 0 N–H and O–H groups in total. The third-order valence-electron chi connectivity index (χ3n) is 5.30. The fourth-order valence-corrected chi connectivity index (χ4v) is 5.77. The number of amides is 2. The molecule has 0 aromatic heterocycles. The van der Waals surface area contributed by atoms with E-state index in [4.69, 9.17) is 9.47 Å². The number of carbonyl (C=O) groups is 2. The van der Waals surface area contributed by atoms with Crippen LogP contribution in [-0.4, -0.2) is 34.1 Å². The van der Waals surface area contributed by atoms with Crippen LogP contribution in [0.25, 0.3) is 6.08 Å². The van der Waals surface area contributed by atoms with Gasteiger partial charge in [-0.25, -0.2) is 0 Å². The van der Waals surface area contributed by atoms with Gasteiger partial charge in [0, 0.05) is 12.1 Å². The maximum absolute atomic E-state index is 12.8. The number of non-ortho nitro benzene ring substituents is 1. The van der Waals surface area contributed by atoms with Gasteiger partial charge in [-0.1, -0.05) is 29.8 Å². The van der Waals surface area contributed by atoms with Gasteiger partial charge in [0.15, 0.2) is 0 Å². The third-order valence-corrected chi connectivity index (χ3v) is 7.39. The lowest BCUT2D eigenvalue weighted by molar-refractivity contribution is -0.384. The average molecular weight is 648 g/mol. The van der Waals surface area contributed by atoms with Crippen LogP contribution in [0.1, 0.15) is 16.7 Å². The fraction of sp³-hybridized carbons (Fsp3) is 0.154. The number of nitrogens with zero attached hydrogens (tertiary/aromatic N) is 2. The van der Waals surface area contributed by atoms with Crippen LogP contribution in [0.3, 0.4) is 0 Å². The topological polar surface area (TPSA) is 99.0 Å². The summed E-state index contributed by atoms with van der Waals surface area (Å²) >= 11 is 7.84. The molecule has 2 amide bonds. The molecule has 3 aromatic rings. The molecular formula is C26H20Br2N2O6S. The first-order chi connectivity index (χ1) is 17.7. The Morgan fingerprint density at radius 1 is 1.03 bits per heavy atom. The third kappa shape index (κ3) is 6.79. The summed E-state index contributed by atoms with van der Waals surface area (Å²) in [7, 11) is 0. The van der Waals surface area contributed by atoms with Crippen molar-refractivity contribution in [3.63, 3.8) is 0 Å². The smallest absolute Gasteiger partial charge is 0.293 e. The summed E-state index contributed by atoms with van der Waals surface area (Å²) in [5.74, 6) is 0.807. The number of carbonyl (C=O) groups excluding carboxylic acids is 2. The van der Waals surface area contributed by atoms with Crippen LogP contribution in [0.5, 0.6) is 11.5 Å². The number of benzene rings is 3. The Balaban J connectivity index is 1.40. The summed E-state index contributed by atoms with van der Waals surface area (Å²) in [5, 5.41) is 10.6. The van der Waals surface area contributed by atoms with Crippen molar-refractivity contribution < 1.29 is 24.0 Å². The maximum Gasteiger partial charge on any atom is 0.293 e. The van der Waals surface area contributed by atoms with Crippen LogP contribution < -0.4 is 9.47 Å². The minimum Gasteiger partial charge on any atom is -0.492 e. The van der Waals surface area contributed by atoms with Gasteiger partial charge < -0.3 is 9.47 Å². The van der Waals surface area contributed by atoms with Crippen LogP contribution in [0.4, 0.5) is 10.5 Å². The lowest BCUT2D eigenvalue weighted by Gasteiger charge is -2.13. The second-order valence-electron chi connectivity index (χ2n) is 8.02. The SMILES string of the molecule is Cc1ccc(OCCN2C(=O)S/C(=C\c3cc(Br)c(OCc4cccc([N+](=O)[O-])c4)c(Br)c3)C2=O)cc1. The molecule has 0 saturated carbocycles. The first-order valence-corrected chi connectivity index (χ1v) is 13.4. The van der Waals surface area contributed by atoms with Gasteiger partial charge in [0.25, 0.3) is 16.8 Å². The van der Waals surface area contributed by atoms with E-state index in [0.717, 1.165) is 17.3 Å². The highest BCUT2D eigenvalue weighted by molar-refractivity contribution is 9.11. The minimum atomic E-state index is -0.455. The van der Waals surface area contributed by atoms with Crippen molar-refractivity contribution in [3.8, 4) is 11.5 Å².